The molecule has 29 heavy (non-hydrogen) atoms. The van der Waals surface area contributed by atoms with Gasteiger partial charge in [-0.15, -0.1) is 0 Å². The standard InChI is InChI=1S/C23H21NO5/c1-15(23(26)24-13-17-7-9-20-21(11-17)28-14-27-20)29-22(25)12-16-6-8-18-4-2-3-5-19(18)10-16/h2-11,15H,12-14H2,1H3,(H,24,26)/t15-/m0/s1. The number of hydrogen-bond acceptors (Lipinski definition) is 5. The van der Waals surface area contributed by atoms with E-state index in [2.05, 4.69) is 5.32 Å². The largest absolute Gasteiger partial charge is 0.454 e. The van der Waals surface area contributed by atoms with Gasteiger partial charge in [-0.05, 0) is 41.0 Å². The number of benzene rings is 3. The second-order valence-corrected chi connectivity index (χ2v) is 6.90. The predicted octanol–water partition coefficient (Wildman–Crippen LogP) is 3.36. The third-order valence-corrected chi connectivity index (χ3v) is 4.74. The van der Waals surface area contributed by atoms with Crippen LogP contribution in [0.25, 0.3) is 10.8 Å². The fraction of sp³-hybridized carbons (Fsp3) is 0.217. The maximum atomic E-state index is 12.3. The summed E-state index contributed by atoms with van der Waals surface area (Å²) in [6.45, 7) is 2.07. The number of esters is 1. The van der Waals surface area contributed by atoms with Gasteiger partial charge in [0.25, 0.3) is 5.91 Å². The minimum atomic E-state index is -0.878. The van der Waals surface area contributed by atoms with E-state index >= 15 is 0 Å². The number of carbonyl (C=O) groups is 2. The van der Waals surface area contributed by atoms with Gasteiger partial charge >= 0.3 is 5.97 Å². The third-order valence-electron chi connectivity index (χ3n) is 4.74. The van der Waals surface area contributed by atoms with Crippen LogP contribution in [0.15, 0.2) is 60.7 Å². The van der Waals surface area contributed by atoms with Gasteiger partial charge in [0.1, 0.15) is 0 Å². The van der Waals surface area contributed by atoms with Crippen LogP contribution in [-0.4, -0.2) is 24.8 Å². The molecule has 3 aromatic rings. The molecule has 1 aliphatic rings. The van der Waals surface area contributed by atoms with Gasteiger partial charge in [0.15, 0.2) is 17.6 Å². The number of ether oxygens (including phenoxy) is 3. The SMILES string of the molecule is C[C@H](OC(=O)Cc1ccc2ccccc2c1)C(=O)NCc1ccc2c(c1)OCO2. The Morgan fingerprint density at radius 3 is 2.59 bits per heavy atom. The van der Waals surface area contributed by atoms with Crippen LogP contribution >= 0.6 is 0 Å². The van der Waals surface area contributed by atoms with Crippen LogP contribution in [-0.2, 0) is 27.3 Å². The van der Waals surface area contributed by atoms with Crippen LogP contribution < -0.4 is 14.8 Å². The van der Waals surface area contributed by atoms with E-state index in [9.17, 15) is 9.59 Å². The topological polar surface area (TPSA) is 73.9 Å². The Hall–Kier alpha value is -3.54. The lowest BCUT2D eigenvalue weighted by atomic mass is 10.1. The summed E-state index contributed by atoms with van der Waals surface area (Å²) in [5.41, 5.74) is 1.72. The molecule has 6 nitrogen and oxygen atoms in total. The number of fused-ring (bicyclic) bond motifs is 2. The van der Waals surface area contributed by atoms with Gasteiger partial charge < -0.3 is 19.5 Å². The van der Waals surface area contributed by atoms with Crippen molar-refractivity contribution >= 4 is 22.6 Å². The predicted molar refractivity (Wildman–Crippen MR) is 108 cm³/mol. The summed E-state index contributed by atoms with van der Waals surface area (Å²) in [6.07, 6.45) is -0.762. The highest BCUT2D eigenvalue weighted by Crippen LogP contribution is 2.32. The Morgan fingerprint density at radius 2 is 1.72 bits per heavy atom. The fourth-order valence-corrected chi connectivity index (χ4v) is 3.19. The van der Waals surface area contributed by atoms with Crippen LogP contribution in [0.4, 0.5) is 0 Å². The molecule has 0 saturated heterocycles. The maximum absolute atomic E-state index is 12.3. The summed E-state index contributed by atoms with van der Waals surface area (Å²) >= 11 is 0. The van der Waals surface area contributed by atoms with Gasteiger partial charge in [-0.2, -0.15) is 0 Å². The van der Waals surface area contributed by atoms with E-state index < -0.39 is 12.1 Å². The van der Waals surface area contributed by atoms with Crippen molar-refractivity contribution in [2.75, 3.05) is 6.79 Å². The zero-order valence-electron chi connectivity index (χ0n) is 16.0. The summed E-state index contributed by atoms with van der Waals surface area (Å²) in [6, 6.07) is 19.2. The van der Waals surface area contributed by atoms with Crippen molar-refractivity contribution in [3.8, 4) is 11.5 Å². The van der Waals surface area contributed by atoms with Gasteiger partial charge in [0.05, 0.1) is 6.42 Å². The van der Waals surface area contributed by atoms with Crippen molar-refractivity contribution in [1.29, 1.82) is 0 Å². The van der Waals surface area contributed by atoms with Crippen molar-refractivity contribution in [3.05, 3.63) is 71.8 Å². The first-order valence-electron chi connectivity index (χ1n) is 9.42. The molecule has 148 valence electrons. The first-order valence-corrected chi connectivity index (χ1v) is 9.42. The Labute approximate surface area is 168 Å². The van der Waals surface area contributed by atoms with Crippen molar-refractivity contribution in [2.45, 2.75) is 26.0 Å². The van der Waals surface area contributed by atoms with Gasteiger partial charge in [-0.1, -0.05) is 48.5 Å². The van der Waals surface area contributed by atoms with Crippen LogP contribution in [0.5, 0.6) is 11.5 Å². The zero-order chi connectivity index (χ0) is 20.2. The minimum absolute atomic E-state index is 0.116. The Balaban J connectivity index is 1.29. The first-order chi connectivity index (χ1) is 14.1. The molecular weight excluding hydrogens is 370 g/mol. The lowest BCUT2D eigenvalue weighted by Gasteiger charge is -2.14. The van der Waals surface area contributed by atoms with E-state index in [1.165, 1.54) is 0 Å². The molecule has 6 heteroatoms. The second kappa shape index (κ2) is 8.22. The number of nitrogens with one attached hydrogen (secondary N) is 1. The molecule has 1 heterocycles. The number of amides is 1. The molecular formula is C23H21NO5. The lowest BCUT2D eigenvalue weighted by molar-refractivity contribution is -0.154. The fourth-order valence-electron chi connectivity index (χ4n) is 3.19. The van der Waals surface area contributed by atoms with Crippen LogP contribution in [0, 0.1) is 0 Å². The lowest BCUT2D eigenvalue weighted by Crippen LogP contribution is -2.35. The summed E-state index contributed by atoms with van der Waals surface area (Å²) in [4.78, 5) is 24.5. The van der Waals surface area contributed by atoms with Crippen molar-refractivity contribution in [2.24, 2.45) is 0 Å². The Morgan fingerprint density at radius 1 is 0.966 bits per heavy atom. The molecule has 0 aliphatic carbocycles. The normalized spacial score (nSPS) is 13.1. The molecule has 1 amide bonds. The highest BCUT2D eigenvalue weighted by molar-refractivity contribution is 5.86. The zero-order valence-corrected chi connectivity index (χ0v) is 16.0. The van der Waals surface area contributed by atoms with E-state index in [0.717, 1.165) is 21.9 Å². The smallest absolute Gasteiger partial charge is 0.311 e. The molecule has 0 fully saturated rings. The van der Waals surface area contributed by atoms with Gasteiger partial charge in [-0.3, -0.25) is 9.59 Å². The van der Waals surface area contributed by atoms with Crippen LogP contribution in [0.3, 0.4) is 0 Å². The van der Waals surface area contributed by atoms with E-state index in [1.807, 2.05) is 54.6 Å². The average molecular weight is 391 g/mol. The molecule has 3 aromatic carbocycles. The molecule has 0 unspecified atom stereocenters. The highest BCUT2D eigenvalue weighted by Gasteiger charge is 2.19. The van der Waals surface area contributed by atoms with Crippen LogP contribution in [0.2, 0.25) is 0 Å². The van der Waals surface area contributed by atoms with Crippen LogP contribution in [0.1, 0.15) is 18.1 Å². The van der Waals surface area contributed by atoms with Crippen molar-refractivity contribution in [3.63, 3.8) is 0 Å². The van der Waals surface area contributed by atoms with Crippen molar-refractivity contribution in [1.82, 2.24) is 5.32 Å². The summed E-state index contributed by atoms with van der Waals surface area (Å²) in [5, 5.41) is 4.95. The van der Waals surface area contributed by atoms with E-state index in [4.69, 9.17) is 14.2 Å². The first kappa shape index (κ1) is 18.8. The van der Waals surface area contributed by atoms with E-state index in [1.54, 1.807) is 13.0 Å². The molecule has 0 bridgehead atoms. The number of carbonyl (C=O) groups excluding carboxylic acids is 2. The minimum Gasteiger partial charge on any atom is -0.454 e. The molecule has 0 spiro atoms. The average Bonchev–Trinajstić information content (AvgIpc) is 3.19. The molecule has 1 atom stereocenters. The molecule has 1 aliphatic heterocycles. The van der Waals surface area contributed by atoms with Gasteiger partial charge in [0.2, 0.25) is 6.79 Å². The summed E-state index contributed by atoms with van der Waals surface area (Å²) in [5.74, 6) is 0.559. The van der Waals surface area contributed by atoms with E-state index in [0.29, 0.717) is 18.0 Å². The quantitative estimate of drug-likeness (QED) is 0.653. The Bertz CT molecular complexity index is 1060. The number of hydrogen-bond donors (Lipinski definition) is 1. The molecule has 0 saturated carbocycles. The molecule has 0 radical (unpaired) electrons. The van der Waals surface area contributed by atoms with Gasteiger partial charge in [0, 0.05) is 6.54 Å². The summed E-state index contributed by atoms with van der Waals surface area (Å²) in [7, 11) is 0. The second-order valence-electron chi connectivity index (χ2n) is 6.90. The molecule has 1 N–H and O–H groups in total. The summed E-state index contributed by atoms with van der Waals surface area (Å²) < 4.78 is 15.9. The third kappa shape index (κ3) is 4.48. The van der Waals surface area contributed by atoms with E-state index in [-0.39, 0.29) is 19.1 Å². The van der Waals surface area contributed by atoms with Crippen molar-refractivity contribution < 1.29 is 23.8 Å². The maximum Gasteiger partial charge on any atom is 0.311 e. The number of rotatable bonds is 6. The Kier molecular flexibility index (Phi) is 5.33. The highest BCUT2D eigenvalue weighted by atomic mass is 16.7. The molecule has 4 rings (SSSR count). The molecule has 0 aromatic heterocycles. The van der Waals surface area contributed by atoms with Gasteiger partial charge in [-0.25, -0.2) is 0 Å². The monoisotopic (exact) mass is 391 g/mol.